The number of rotatable bonds is 9. The molecule has 2 aliphatic heterocycles. The van der Waals surface area contributed by atoms with E-state index < -0.39 is 15.5 Å². The molecule has 1 aliphatic carbocycles. The Morgan fingerprint density at radius 3 is 2.05 bits per heavy atom. The van der Waals surface area contributed by atoms with Crippen molar-refractivity contribution in [2.45, 2.75) is 75.0 Å². The minimum atomic E-state index is -4.60. The van der Waals surface area contributed by atoms with Crippen LogP contribution < -0.4 is 15.1 Å². The van der Waals surface area contributed by atoms with Gasteiger partial charge >= 0.3 is 0 Å². The molecule has 0 amide bonds. The molecule has 0 aromatic heterocycles. The van der Waals surface area contributed by atoms with E-state index in [2.05, 4.69) is 140 Å². The molecule has 0 unspecified atom stereocenters. The zero-order chi connectivity index (χ0) is 39.4. The number of anilines is 3. The summed E-state index contributed by atoms with van der Waals surface area (Å²) in [5.74, 6) is 0. The molecule has 0 fully saturated rings. The Labute approximate surface area is 329 Å². The molecule has 7 rings (SSSR count). The predicted molar refractivity (Wildman–Crippen MR) is 219 cm³/mol. The van der Waals surface area contributed by atoms with E-state index in [9.17, 15) is 18.2 Å². The summed E-state index contributed by atoms with van der Waals surface area (Å²) in [6.07, 6.45) is 10.5. The Morgan fingerprint density at radius 2 is 1.45 bits per heavy atom. The van der Waals surface area contributed by atoms with Gasteiger partial charge in [-0.05, 0) is 118 Å². The number of allylic oxidation sites excluding steroid dienone is 7. The minimum absolute atomic E-state index is 0.218. The lowest BCUT2D eigenvalue weighted by molar-refractivity contribution is -0.630. The highest BCUT2D eigenvalue weighted by atomic mass is 32.2. The van der Waals surface area contributed by atoms with Gasteiger partial charge in [0.15, 0.2) is 5.71 Å². The van der Waals surface area contributed by atoms with Gasteiger partial charge in [0.2, 0.25) is 5.69 Å². The van der Waals surface area contributed by atoms with Crippen molar-refractivity contribution in [2.75, 3.05) is 23.9 Å². The van der Waals surface area contributed by atoms with Gasteiger partial charge in [0.05, 0.1) is 16.0 Å². The maximum atomic E-state index is 12.0. The van der Waals surface area contributed by atoms with Crippen molar-refractivity contribution in [3.8, 4) is 0 Å². The largest absolute Gasteiger partial charge is 0.744 e. The van der Waals surface area contributed by atoms with Crippen molar-refractivity contribution in [3.63, 3.8) is 0 Å². The second kappa shape index (κ2) is 14.4. The topological polar surface area (TPSA) is 99.0 Å². The highest BCUT2D eigenvalue weighted by Gasteiger charge is 2.43. The van der Waals surface area contributed by atoms with E-state index in [1.807, 2.05) is 25.2 Å². The van der Waals surface area contributed by atoms with E-state index in [1.165, 1.54) is 34.4 Å². The van der Waals surface area contributed by atoms with Gasteiger partial charge < -0.3 is 23.9 Å². The number of likely N-dealkylation sites (N-methyl/N-ethyl adjacent to an activating group) is 1. The first kappa shape index (κ1) is 38.6. The Bertz CT molecular complexity index is 2410. The van der Waals surface area contributed by atoms with Crippen LogP contribution in [0.4, 0.5) is 22.7 Å². The minimum Gasteiger partial charge on any atom is -0.744 e. The summed E-state index contributed by atoms with van der Waals surface area (Å²) in [7, 11) is -0.527. The standard InChI is InChI=1S/C45H47N3O5S2/c1-29-9-17-33(18-10-29)48(34-19-11-30(2)12-20-34)43-31(15-25-41-44(3,4)37-27-35(54-53-49)21-23-39(37)46(41)7)13-14-32(43)16-26-42-45(5,6)38-28-36(55(50,51)52)22-24-40(38)47(42)8/h9-12,15-28H,13-14H2,1-8H3,(H-,49,50,51,52)/p-1. The molecule has 8 nitrogen and oxygen atoms in total. The quantitative estimate of drug-likeness (QED) is 0.0546. The fourth-order valence-electron chi connectivity index (χ4n) is 8.36. The van der Waals surface area contributed by atoms with Crippen LogP contribution >= 0.6 is 12.0 Å². The fourth-order valence-corrected chi connectivity index (χ4v) is 9.22. The first-order chi connectivity index (χ1) is 26.0. The van der Waals surface area contributed by atoms with Gasteiger partial charge in [-0.3, -0.25) is 0 Å². The fraction of sp³-hybridized carbons (Fsp3) is 0.267. The van der Waals surface area contributed by atoms with Gasteiger partial charge in [0, 0.05) is 69.9 Å². The van der Waals surface area contributed by atoms with E-state index in [-0.39, 0.29) is 10.3 Å². The van der Waals surface area contributed by atoms with Crippen LogP contribution in [0.25, 0.3) is 0 Å². The third kappa shape index (κ3) is 7.02. The number of fused-ring (bicyclic) bond motifs is 2. The maximum Gasteiger partial charge on any atom is 0.209 e. The molecule has 10 heteroatoms. The van der Waals surface area contributed by atoms with Crippen LogP contribution in [0.2, 0.25) is 0 Å². The molecule has 2 heterocycles. The summed E-state index contributed by atoms with van der Waals surface area (Å²) in [5.41, 5.74) is 13.1. The number of hydrogen-bond acceptors (Lipinski definition) is 8. The normalized spacial score (nSPS) is 19.0. The molecule has 55 heavy (non-hydrogen) atoms. The summed E-state index contributed by atoms with van der Waals surface area (Å²) in [4.78, 5) is 5.00. The number of aryl methyl sites for hydroxylation is 2. The maximum absolute atomic E-state index is 12.0. The van der Waals surface area contributed by atoms with Crippen LogP contribution in [-0.2, 0) is 25.3 Å². The van der Waals surface area contributed by atoms with Gasteiger partial charge in [-0.25, -0.2) is 8.42 Å². The van der Waals surface area contributed by atoms with Crippen molar-refractivity contribution in [3.05, 3.63) is 154 Å². The summed E-state index contributed by atoms with van der Waals surface area (Å²) >= 11 is 0.826. The molecule has 0 bridgehead atoms. The Hall–Kier alpha value is -4.71. The van der Waals surface area contributed by atoms with Crippen LogP contribution in [0.3, 0.4) is 0 Å². The molecule has 4 aromatic carbocycles. The van der Waals surface area contributed by atoms with Gasteiger partial charge in [0.25, 0.3) is 0 Å². The summed E-state index contributed by atoms with van der Waals surface area (Å²) < 4.78 is 42.3. The van der Waals surface area contributed by atoms with Crippen LogP contribution in [0, 0.1) is 13.8 Å². The molecule has 0 spiro atoms. The number of benzene rings is 4. The van der Waals surface area contributed by atoms with Crippen molar-refractivity contribution in [1.82, 2.24) is 0 Å². The number of nitrogens with zero attached hydrogens (tertiary/aromatic N) is 3. The van der Waals surface area contributed by atoms with E-state index >= 15 is 0 Å². The molecule has 0 saturated carbocycles. The highest BCUT2D eigenvalue weighted by Crippen LogP contribution is 2.49. The SMILES string of the molecule is Cc1ccc(N(C2=C(C=CC3=[N+](C)c4ccc(SO[O-])cc4C3(C)C)CC/C2=C\C=C2N(C)c3ccc(S(=O)(=O)[O-])cc3C2(C)C)c2ccc(C)cc2)cc1. The zero-order valence-corrected chi connectivity index (χ0v) is 34.1. The highest BCUT2D eigenvalue weighted by molar-refractivity contribution is 7.94. The van der Waals surface area contributed by atoms with E-state index in [0.717, 1.165) is 80.8 Å². The Morgan fingerprint density at radius 1 is 0.818 bits per heavy atom. The molecule has 0 atom stereocenters. The molecule has 0 radical (unpaired) electrons. The predicted octanol–water partition coefficient (Wildman–Crippen LogP) is 9.19. The summed E-state index contributed by atoms with van der Waals surface area (Å²) in [6.45, 7) is 12.7. The Kier molecular flexibility index (Phi) is 10.1. The molecule has 0 saturated heterocycles. The third-order valence-corrected chi connectivity index (χ3v) is 12.7. The average Bonchev–Trinajstić information content (AvgIpc) is 3.68. The lowest BCUT2D eigenvalue weighted by atomic mass is 9.81. The molecule has 3 aliphatic rings. The van der Waals surface area contributed by atoms with Crippen LogP contribution in [0.15, 0.2) is 142 Å². The number of hydrogen-bond donors (Lipinski definition) is 0. The van der Waals surface area contributed by atoms with Gasteiger partial charge in [0.1, 0.15) is 17.2 Å². The smallest absolute Gasteiger partial charge is 0.209 e. The van der Waals surface area contributed by atoms with Gasteiger partial charge in [-0.2, -0.15) is 4.58 Å². The van der Waals surface area contributed by atoms with Gasteiger partial charge in [-0.15, -0.1) is 0 Å². The summed E-state index contributed by atoms with van der Waals surface area (Å²) in [5, 5.41) is 10.9. The lowest BCUT2D eigenvalue weighted by Gasteiger charge is -2.29. The molecule has 4 aromatic rings. The van der Waals surface area contributed by atoms with Crippen molar-refractivity contribution in [1.29, 1.82) is 0 Å². The zero-order valence-electron chi connectivity index (χ0n) is 32.5. The third-order valence-electron chi connectivity index (χ3n) is 11.4. The van der Waals surface area contributed by atoms with Gasteiger partial charge in [-0.1, -0.05) is 61.4 Å². The van der Waals surface area contributed by atoms with E-state index in [1.54, 1.807) is 6.07 Å². The monoisotopic (exact) mass is 772 g/mol. The first-order valence-corrected chi connectivity index (χ1v) is 20.5. The van der Waals surface area contributed by atoms with Crippen LogP contribution in [0.1, 0.15) is 62.8 Å². The second-order valence-electron chi connectivity index (χ2n) is 15.7. The van der Waals surface area contributed by atoms with Crippen molar-refractivity contribution in [2.24, 2.45) is 0 Å². The van der Waals surface area contributed by atoms with Crippen molar-refractivity contribution < 1.29 is 27.1 Å². The van der Waals surface area contributed by atoms with Crippen LogP contribution in [0.5, 0.6) is 0 Å². The van der Waals surface area contributed by atoms with Crippen molar-refractivity contribution >= 4 is 50.6 Å². The van der Waals surface area contributed by atoms with E-state index in [4.69, 9.17) is 0 Å². The van der Waals surface area contributed by atoms with Crippen LogP contribution in [-0.4, -0.2) is 37.4 Å². The molecule has 0 N–H and O–H groups in total. The molecular weight excluding hydrogens is 727 g/mol. The average molecular weight is 773 g/mol. The first-order valence-electron chi connectivity index (χ1n) is 18.3. The Balaban J connectivity index is 1.38. The molecular formula is C45H46N3O5S2-. The van der Waals surface area contributed by atoms with E-state index in [0.29, 0.717) is 0 Å². The summed E-state index contributed by atoms with van der Waals surface area (Å²) in [6, 6.07) is 27.9. The molecule has 284 valence electrons. The second-order valence-corrected chi connectivity index (χ2v) is 17.8. The lowest BCUT2D eigenvalue weighted by Crippen LogP contribution is -2.26.